The molecule has 1 rings (SSSR count). The number of esters is 1. The van der Waals surface area contributed by atoms with Crippen LogP contribution in [0.1, 0.15) is 23.0 Å². The maximum Gasteiger partial charge on any atom is 0.317 e. The summed E-state index contributed by atoms with van der Waals surface area (Å²) in [6.07, 6.45) is 1.88. The summed E-state index contributed by atoms with van der Waals surface area (Å²) < 4.78 is 4.87. The van der Waals surface area contributed by atoms with E-state index in [-0.39, 0.29) is 12.4 Å². The average molecular weight is 238 g/mol. The SMILES string of the molecule is C=CCC(C(=O)OCC)C(=O)c1cccs1. The largest absolute Gasteiger partial charge is 0.465 e. The Balaban J connectivity index is 2.81. The smallest absolute Gasteiger partial charge is 0.317 e. The predicted molar refractivity (Wildman–Crippen MR) is 63.6 cm³/mol. The summed E-state index contributed by atoms with van der Waals surface area (Å²) in [6.45, 7) is 5.55. The maximum atomic E-state index is 12.0. The summed E-state index contributed by atoms with van der Waals surface area (Å²) in [5, 5.41) is 1.81. The molecule has 1 heterocycles. The third-order valence-corrected chi connectivity index (χ3v) is 2.94. The molecule has 1 aromatic heterocycles. The number of ether oxygens (including phenoxy) is 1. The molecule has 0 amide bonds. The van der Waals surface area contributed by atoms with Gasteiger partial charge in [-0.15, -0.1) is 17.9 Å². The zero-order chi connectivity index (χ0) is 12.0. The van der Waals surface area contributed by atoms with E-state index >= 15 is 0 Å². The third kappa shape index (κ3) is 3.03. The number of allylic oxidation sites excluding steroid dienone is 1. The van der Waals surface area contributed by atoms with Crippen molar-refractivity contribution in [2.24, 2.45) is 5.92 Å². The van der Waals surface area contributed by atoms with Crippen molar-refractivity contribution in [1.82, 2.24) is 0 Å². The fraction of sp³-hybridized carbons (Fsp3) is 0.333. The Kier molecular flexibility index (Phi) is 4.92. The van der Waals surface area contributed by atoms with Crippen LogP contribution in [0.4, 0.5) is 0 Å². The Labute approximate surface area is 98.7 Å². The summed E-state index contributed by atoms with van der Waals surface area (Å²) in [7, 11) is 0. The van der Waals surface area contributed by atoms with Gasteiger partial charge < -0.3 is 4.74 Å². The van der Waals surface area contributed by atoms with Crippen LogP contribution in [0.15, 0.2) is 30.2 Å². The molecule has 1 atom stereocenters. The molecule has 0 bridgehead atoms. The van der Waals surface area contributed by atoms with Gasteiger partial charge in [-0.1, -0.05) is 12.1 Å². The molecule has 0 N–H and O–H groups in total. The normalized spacial score (nSPS) is 11.8. The molecule has 0 saturated heterocycles. The molecule has 0 saturated carbocycles. The lowest BCUT2D eigenvalue weighted by atomic mass is 9.99. The van der Waals surface area contributed by atoms with Gasteiger partial charge in [0, 0.05) is 0 Å². The number of hydrogen-bond acceptors (Lipinski definition) is 4. The van der Waals surface area contributed by atoms with E-state index in [9.17, 15) is 9.59 Å². The van der Waals surface area contributed by atoms with Crippen molar-refractivity contribution in [3.05, 3.63) is 35.0 Å². The van der Waals surface area contributed by atoms with Crippen LogP contribution in [0, 0.1) is 5.92 Å². The van der Waals surface area contributed by atoms with Gasteiger partial charge in [0.15, 0.2) is 5.78 Å². The van der Waals surface area contributed by atoms with Crippen LogP contribution in [-0.2, 0) is 9.53 Å². The van der Waals surface area contributed by atoms with Gasteiger partial charge in [0.2, 0.25) is 0 Å². The fourth-order valence-electron chi connectivity index (χ4n) is 1.31. The Morgan fingerprint density at radius 2 is 2.38 bits per heavy atom. The van der Waals surface area contributed by atoms with E-state index < -0.39 is 11.9 Å². The molecule has 0 aliphatic carbocycles. The predicted octanol–water partition coefficient (Wildman–Crippen LogP) is 2.69. The molecule has 3 nitrogen and oxygen atoms in total. The quantitative estimate of drug-likeness (QED) is 0.331. The first kappa shape index (κ1) is 12.6. The van der Waals surface area contributed by atoms with Gasteiger partial charge in [0.1, 0.15) is 5.92 Å². The number of Topliss-reactive ketones (excluding diaryl/α,β-unsaturated/α-hetero) is 1. The minimum Gasteiger partial charge on any atom is -0.465 e. The molecule has 1 aromatic rings. The zero-order valence-corrected chi connectivity index (χ0v) is 9.96. The van der Waals surface area contributed by atoms with Gasteiger partial charge in [0.25, 0.3) is 0 Å². The second-order valence-corrected chi connectivity index (χ2v) is 4.12. The highest BCUT2D eigenvalue weighted by atomic mass is 32.1. The summed E-state index contributed by atoms with van der Waals surface area (Å²) in [5.41, 5.74) is 0. The van der Waals surface area contributed by atoms with E-state index in [1.807, 2.05) is 5.38 Å². The number of thiophene rings is 1. The topological polar surface area (TPSA) is 43.4 Å². The van der Waals surface area contributed by atoms with Crippen LogP contribution in [0.2, 0.25) is 0 Å². The highest BCUT2D eigenvalue weighted by Gasteiger charge is 2.28. The van der Waals surface area contributed by atoms with Crippen molar-refractivity contribution in [2.45, 2.75) is 13.3 Å². The highest BCUT2D eigenvalue weighted by molar-refractivity contribution is 7.12. The minimum absolute atomic E-state index is 0.187. The molecule has 0 radical (unpaired) electrons. The molecular formula is C12H14O3S. The molecule has 0 spiro atoms. The van der Waals surface area contributed by atoms with Crippen LogP contribution < -0.4 is 0 Å². The lowest BCUT2D eigenvalue weighted by Crippen LogP contribution is -2.25. The summed E-state index contributed by atoms with van der Waals surface area (Å²) in [6, 6.07) is 3.50. The summed E-state index contributed by atoms with van der Waals surface area (Å²) in [4.78, 5) is 24.1. The van der Waals surface area contributed by atoms with E-state index in [0.717, 1.165) is 0 Å². The molecule has 4 heteroatoms. The van der Waals surface area contributed by atoms with Gasteiger partial charge in [-0.25, -0.2) is 0 Å². The van der Waals surface area contributed by atoms with Gasteiger partial charge >= 0.3 is 5.97 Å². The van der Waals surface area contributed by atoms with Gasteiger partial charge in [-0.05, 0) is 24.8 Å². The van der Waals surface area contributed by atoms with Crippen LogP contribution in [0.5, 0.6) is 0 Å². The lowest BCUT2D eigenvalue weighted by Gasteiger charge is -2.11. The van der Waals surface area contributed by atoms with Crippen molar-refractivity contribution >= 4 is 23.1 Å². The van der Waals surface area contributed by atoms with E-state index in [0.29, 0.717) is 11.3 Å². The van der Waals surface area contributed by atoms with E-state index in [1.54, 1.807) is 25.1 Å². The van der Waals surface area contributed by atoms with E-state index in [2.05, 4.69) is 6.58 Å². The Morgan fingerprint density at radius 1 is 1.62 bits per heavy atom. The van der Waals surface area contributed by atoms with Crippen molar-refractivity contribution in [3.8, 4) is 0 Å². The van der Waals surface area contributed by atoms with Crippen LogP contribution in [0.3, 0.4) is 0 Å². The van der Waals surface area contributed by atoms with Gasteiger partial charge in [-0.2, -0.15) is 0 Å². The summed E-state index contributed by atoms with van der Waals surface area (Å²) in [5.74, 6) is -1.41. The van der Waals surface area contributed by atoms with Crippen LogP contribution in [0.25, 0.3) is 0 Å². The van der Waals surface area contributed by atoms with Crippen LogP contribution >= 0.6 is 11.3 Å². The minimum atomic E-state index is -0.754. The number of ketones is 1. The first-order valence-electron chi connectivity index (χ1n) is 5.06. The molecular weight excluding hydrogens is 224 g/mol. The second-order valence-electron chi connectivity index (χ2n) is 3.17. The molecule has 0 aliphatic rings. The molecule has 0 fully saturated rings. The Bertz CT molecular complexity index is 368. The monoisotopic (exact) mass is 238 g/mol. The van der Waals surface area contributed by atoms with Crippen molar-refractivity contribution < 1.29 is 14.3 Å². The molecule has 16 heavy (non-hydrogen) atoms. The van der Waals surface area contributed by atoms with E-state index in [1.165, 1.54) is 11.3 Å². The Hall–Kier alpha value is -1.42. The first-order chi connectivity index (χ1) is 7.70. The number of carbonyl (C=O) groups excluding carboxylic acids is 2. The van der Waals surface area contributed by atoms with Crippen LogP contribution in [-0.4, -0.2) is 18.4 Å². The van der Waals surface area contributed by atoms with E-state index in [4.69, 9.17) is 4.74 Å². The third-order valence-electron chi connectivity index (χ3n) is 2.05. The van der Waals surface area contributed by atoms with Crippen molar-refractivity contribution in [3.63, 3.8) is 0 Å². The van der Waals surface area contributed by atoms with Crippen molar-refractivity contribution in [1.29, 1.82) is 0 Å². The molecule has 86 valence electrons. The number of rotatable bonds is 6. The standard InChI is InChI=1S/C12H14O3S/c1-3-6-9(12(14)15-4-2)11(13)10-7-5-8-16-10/h3,5,7-9H,1,4,6H2,2H3. The fourth-order valence-corrected chi connectivity index (χ4v) is 2.03. The van der Waals surface area contributed by atoms with Crippen molar-refractivity contribution in [2.75, 3.05) is 6.61 Å². The second kappa shape index (κ2) is 6.23. The van der Waals surface area contributed by atoms with Gasteiger partial charge in [-0.3, -0.25) is 9.59 Å². The number of hydrogen-bond donors (Lipinski definition) is 0. The average Bonchev–Trinajstić information content (AvgIpc) is 2.78. The summed E-state index contributed by atoms with van der Waals surface area (Å²) >= 11 is 1.33. The molecule has 0 aliphatic heterocycles. The lowest BCUT2D eigenvalue weighted by molar-refractivity contribution is -0.146. The highest BCUT2D eigenvalue weighted by Crippen LogP contribution is 2.18. The first-order valence-corrected chi connectivity index (χ1v) is 5.94. The Morgan fingerprint density at radius 3 is 2.88 bits per heavy atom. The zero-order valence-electron chi connectivity index (χ0n) is 9.14. The maximum absolute atomic E-state index is 12.0. The number of carbonyl (C=O) groups is 2. The molecule has 0 aromatic carbocycles. The van der Waals surface area contributed by atoms with Gasteiger partial charge in [0.05, 0.1) is 11.5 Å². The molecule has 1 unspecified atom stereocenters.